The van der Waals surface area contributed by atoms with Crippen LogP contribution in [0.25, 0.3) is 11.0 Å². The van der Waals surface area contributed by atoms with Gasteiger partial charge in [0.1, 0.15) is 11.1 Å². The van der Waals surface area contributed by atoms with Gasteiger partial charge in [-0.2, -0.15) is 5.26 Å². The van der Waals surface area contributed by atoms with E-state index in [9.17, 15) is 14.9 Å². The number of furan rings is 1. The molecule has 1 heterocycles. The van der Waals surface area contributed by atoms with Crippen molar-refractivity contribution in [3.63, 3.8) is 0 Å². The lowest BCUT2D eigenvalue weighted by molar-refractivity contribution is -0.154. The standard InChI is InChI=1S/C21H24N2O4/c1-14-6-7-17-16(12-26-18(17)10-14)11-19(24)27-15(2)20(25)23-21(13-22)8-4-3-5-9-21/h6-7,10,12,15H,3-5,8-9,11H2,1-2H3,(H,23,25)/t15-/m0/s1. The molecule has 1 aromatic heterocycles. The first-order chi connectivity index (χ1) is 12.9. The Morgan fingerprint density at radius 1 is 1.33 bits per heavy atom. The van der Waals surface area contributed by atoms with Crippen molar-refractivity contribution >= 4 is 22.8 Å². The molecule has 1 aromatic carbocycles. The summed E-state index contributed by atoms with van der Waals surface area (Å²) < 4.78 is 10.8. The van der Waals surface area contributed by atoms with Gasteiger partial charge in [-0.3, -0.25) is 9.59 Å². The summed E-state index contributed by atoms with van der Waals surface area (Å²) in [5.41, 5.74) is 1.68. The number of rotatable bonds is 5. The molecule has 1 aliphatic rings. The number of hydrogen-bond acceptors (Lipinski definition) is 5. The minimum absolute atomic E-state index is 0.0249. The molecular formula is C21H24N2O4. The largest absolute Gasteiger partial charge is 0.464 e. The number of esters is 1. The third kappa shape index (κ3) is 4.30. The van der Waals surface area contributed by atoms with Crippen LogP contribution in [0.5, 0.6) is 0 Å². The number of hydrogen-bond donors (Lipinski definition) is 1. The Morgan fingerprint density at radius 3 is 2.78 bits per heavy atom. The average Bonchev–Trinajstić information content (AvgIpc) is 3.04. The molecule has 3 rings (SSSR count). The van der Waals surface area contributed by atoms with Crippen LogP contribution in [0.3, 0.4) is 0 Å². The zero-order chi connectivity index (χ0) is 19.4. The summed E-state index contributed by atoms with van der Waals surface area (Å²) in [6, 6.07) is 8.00. The van der Waals surface area contributed by atoms with Crippen molar-refractivity contribution in [1.29, 1.82) is 5.26 Å². The van der Waals surface area contributed by atoms with Gasteiger partial charge in [0.2, 0.25) is 0 Å². The van der Waals surface area contributed by atoms with Crippen molar-refractivity contribution in [1.82, 2.24) is 5.32 Å². The number of amides is 1. The number of aryl methyl sites for hydroxylation is 1. The fourth-order valence-electron chi connectivity index (χ4n) is 3.53. The molecule has 142 valence electrons. The molecule has 6 nitrogen and oxygen atoms in total. The van der Waals surface area contributed by atoms with Crippen LogP contribution in [-0.4, -0.2) is 23.5 Å². The van der Waals surface area contributed by atoms with Gasteiger partial charge >= 0.3 is 5.97 Å². The summed E-state index contributed by atoms with van der Waals surface area (Å²) in [6.07, 6.45) is 4.78. The molecule has 1 atom stereocenters. The topological polar surface area (TPSA) is 92.3 Å². The molecule has 1 fully saturated rings. The van der Waals surface area contributed by atoms with Crippen LogP contribution in [-0.2, 0) is 20.7 Å². The summed E-state index contributed by atoms with van der Waals surface area (Å²) in [4.78, 5) is 24.7. The number of ether oxygens (including phenoxy) is 1. The summed E-state index contributed by atoms with van der Waals surface area (Å²) in [5.74, 6) is -0.935. The zero-order valence-corrected chi connectivity index (χ0v) is 15.7. The van der Waals surface area contributed by atoms with E-state index in [0.29, 0.717) is 12.8 Å². The second kappa shape index (κ2) is 7.83. The molecule has 1 saturated carbocycles. The molecule has 2 aromatic rings. The molecule has 0 radical (unpaired) electrons. The molecule has 1 N–H and O–H groups in total. The second-order valence-corrected chi connectivity index (χ2v) is 7.31. The summed E-state index contributed by atoms with van der Waals surface area (Å²) in [6.45, 7) is 3.49. The van der Waals surface area contributed by atoms with E-state index < -0.39 is 23.5 Å². The third-order valence-electron chi connectivity index (χ3n) is 5.11. The predicted molar refractivity (Wildman–Crippen MR) is 99.8 cm³/mol. The number of nitriles is 1. The SMILES string of the molecule is Cc1ccc2c(CC(=O)O[C@@H](C)C(=O)NC3(C#N)CCCCC3)coc2c1. The fraction of sp³-hybridized carbons (Fsp3) is 0.476. The predicted octanol–water partition coefficient (Wildman–Crippen LogP) is 3.56. The molecule has 0 bridgehead atoms. The van der Waals surface area contributed by atoms with E-state index in [1.165, 1.54) is 6.92 Å². The second-order valence-electron chi connectivity index (χ2n) is 7.31. The zero-order valence-electron chi connectivity index (χ0n) is 15.7. The number of carbonyl (C=O) groups is 2. The Balaban J connectivity index is 1.59. The van der Waals surface area contributed by atoms with Gasteiger partial charge in [0.15, 0.2) is 6.10 Å². The molecule has 0 spiro atoms. The highest BCUT2D eigenvalue weighted by molar-refractivity contribution is 5.88. The summed E-state index contributed by atoms with van der Waals surface area (Å²) >= 11 is 0. The van der Waals surface area contributed by atoms with Crippen LogP contribution in [0.4, 0.5) is 0 Å². The van der Waals surface area contributed by atoms with Crippen LogP contribution in [0.15, 0.2) is 28.9 Å². The van der Waals surface area contributed by atoms with Gasteiger partial charge in [-0.1, -0.05) is 31.4 Å². The van der Waals surface area contributed by atoms with Gasteiger partial charge in [-0.15, -0.1) is 0 Å². The Bertz CT molecular complexity index is 887. The van der Waals surface area contributed by atoms with Gasteiger partial charge < -0.3 is 14.5 Å². The first-order valence-electron chi connectivity index (χ1n) is 9.32. The molecule has 1 aliphatic carbocycles. The van der Waals surface area contributed by atoms with Crippen molar-refractivity contribution in [3.05, 3.63) is 35.6 Å². The van der Waals surface area contributed by atoms with Crippen LogP contribution in [0.1, 0.15) is 50.2 Å². The first-order valence-corrected chi connectivity index (χ1v) is 9.32. The first kappa shape index (κ1) is 19.0. The minimum Gasteiger partial charge on any atom is -0.464 e. The molecule has 6 heteroatoms. The normalized spacial score (nSPS) is 17.1. The highest BCUT2D eigenvalue weighted by Gasteiger charge is 2.35. The van der Waals surface area contributed by atoms with Gasteiger partial charge in [0.05, 0.1) is 18.8 Å². The number of nitrogens with one attached hydrogen (secondary N) is 1. The van der Waals surface area contributed by atoms with Crippen LogP contribution >= 0.6 is 0 Å². The summed E-state index contributed by atoms with van der Waals surface area (Å²) in [7, 11) is 0. The molecular weight excluding hydrogens is 344 g/mol. The Kier molecular flexibility index (Phi) is 5.50. The van der Waals surface area contributed by atoms with Crippen LogP contribution in [0, 0.1) is 18.3 Å². The number of nitrogens with zero attached hydrogens (tertiary/aromatic N) is 1. The minimum atomic E-state index is -0.954. The lowest BCUT2D eigenvalue weighted by Crippen LogP contribution is -2.52. The maximum Gasteiger partial charge on any atom is 0.311 e. The van der Waals surface area contributed by atoms with Crippen LogP contribution in [0.2, 0.25) is 0 Å². The smallest absolute Gasteiger partial charge is 0.311 e. The van der Waals surface area contributed by atoms with Gasteiger partial charge in [-0.25, -0.2) is 0 Å². The maximum absolute atomic E-state index is 12.4. The Morgan fingerprint density at radius 2 is 2.07 bits per heavy atom. The molecule has 27 heavy (non-hydrogen) atoms. The van der Waals surface area contributed by atoms with E-state index in [1.807, 2.05) is 25.1 Å². The van der Waals surface area contributed by atoms with Gasteiger partial charge in [0.25, 0.3) is 5.91 Å². The Labute approximate surface area is 158 Å². The maximum atomic E-state index is 12.4. The number of benzene rings is 1. The van der Waals surface area contributed by atoms with E-state index >= 15 is 0 Å². The highest BCUT2D eigenvalue weighted by Crippen LogP contribution is 2.28. The van der Waals surface area contributed by atoms with Crippen molar-refractivity contribution < 1.29 is 18.7 Å². The van der Waals surface area contributed by atoms with E-state index in [-0.39, 0.29) is 6.42 Å². The quantitative estimate of drug-likeness (QED) is 0.815. The molecule has 0 aliphatic heterocycles. The Hall–Kier alpha value is -2.81. The lowest BCUT2D eigenvalue weighted by atomic mass is 9.83. The molecule has 1 amide bonds. The van der Waals surface area contributed by atoms with Crippen LogP contribution < -0.4 is 5.32 Å². The van der Waals surface area contributed by atoms with Gasteiger partial charge in [-0.05, 0) is 38.3 Å². The highest BCUT2D eigenvalue weighted by atomic mass is 16.5. The van der Waals surface area contributed by atoms with Crippen molar-refractivity contribution in [2.45, 2.75) is 64.0 Å². The monoisotopic (exact) mass is 368 g/mol. The lowest BCUT2D eigenvalue weighted by Gasteiger charge is -2.32. The number of carbonyl (C=O) groups excluding carboxylic acids is 2. The summed E-state index contributed by atoms with van der Waals surface area (Å²) in [5, 5.41) is 13.1. The number of fused-ring (bicyclic) bond motifs is 1. The van der Waals surface area contributed by atoms with E-state index in [4.69, 9.17) is 9.15 Å². The van der Waals surface area contributed by atoms with E-state index in [1.54, 1.807) is 6.26 Å². The van der Waals surface area contributed by atoms with Crippen molar-refractivity contribution in [3.8, 4) is 6.07 Å². The van der Waals surface area contributed by atoms with E-state index in [2.05, 4.69) is 11.4 Å². The van der Waals surface area contributed by atoms with Crippen molar-refractivity contribution in [2.24, 2.45) is 0 Å². The average molecular weight is 368 g/mol. The van der Waals surface area contributed by atoms with E-state index in [0.717, 1.165) is 41.4 Å². The fourth-order valence-corrected chi connectivity index (χ4v) is 3.53. The molecule has 0 saturated heterocycles. The molecule has 0 unspecified atom stereocenters. The third-order valence-corrected chi connectivity index (χ3v) is 5.11. The van der Waals surface area contributed by atoms with Gasteiger partial charge in [0, 0.05) is 10.9 Å². The van der Waals surface area contributed by atoms with Crippen molar-refractivity contribution in [2.75, 3.05) is 0 Å².